The van der Waals surface area contributed by atoms with Gasteiger partial charge in [-0.1, -0.05) is 0 Å². The molecule has 6 rings (SSSR count). The number of aromatic nitrogens is 3. The third-order valence-corrected chi connectivity index (χ3v) is 8.79. The lowest BCUT2D eigenvalue weighted by molar-refractivity contribution is -0.135. The first-order chi connectivity index (χ1) is 18.7. The number of rotatable bonds is 7. The van der Waals surface area contributed by atoms with Gasteiger partial charge in [-0.25, -0.2) is 14.6 Å². The minimum absolute atomic E-state index is 0.00753. The number of imidazole rings is 1. The number of aliphatic hydroxyl groups is 1. The Hall–Kier alpha value is -2.98. The highest BCUT2D eigenvalue weighted by molar-refractivity contribution is 7.99. The van der Waals surface area contributed by atoms with Gasteiger partial charge in [0.15, 0.2) is 16.5 Å². The standard InChI is InChI=1S/C24H23F3N4O6S2/c1-33-12-7-16(13-9-18(37-17(13)8-12)14-10-31-21(29-14)39-22(30-31)34-2)36-11-15-19(24(25,26)27)38-20(28-15)23(32)3-5-35-6-4-23/h7-10,22,30,32H,3-6,11H2,1-2H3. The molecule has 0 radical (unpaired) electrons. The summed E-state index contributed by atoms with van der Waals surface area (Å²) < 4.78 is 71.2. The van der Waals surface area contributed by atoms with Crippen LogP contribution in [0.15, 0.2) is 34.0 Å². The smallest absolute Gasteiger partial charge is 0.427 e. The van der Waals surface area contributed by atoms with Crippen LogP contribution in [0.3, 0.4) is 0 Å². The molecule has 0 bridgehead atoms. The van der Waals surface area contributed by atoms with Crippen molar-refractivity contribution in [2.45, 2.75) is 41.9 Å². The Morgan fingerprint density at radius 3 is 2.69 bits per heavy atom. The molecule has 1 saturated heterocycles. The monoisotopic (exact) mass is 584 g/mol. The number of hydrogen-bond donors (Lipinski definition) is 2. The number of methoxy groups -OCH3 is 2. The van der Waals surface area contributed by atoms with E-state index in [1.54, 1.807) is 36.2 Å². The van der Waals surface area contributed by atoms with E-state index in [9.17, 15) is 18.3 Å². The van der Waals surface area contributed by atoms with Crippen LogP contribution in [0.2, 0.25) is 0 Å². The van der Waals surface area contributed by atoms with E-state index in [-0.39, 0.29) is 48.1 Å². The minimum Gasteiger partial charge on any atom is -0.496 e. The quantitative estimate of drug-likeness (QED) is 0.310. The summed E-state index contributed by atoms with van der Waals surface area (Å²) in [6.07, 6.45) is -2.56. The van der Waals surface area contributed by atoms with Crippen LogP contribution in [-0.2, 0) is 27.9 Å². The van der Waals surface area contributed by atoms with Crippen LogP contribution in [0, 0.1) is 0 Å². The molecule has 1 atom stereocenters. The fourth-order valence-corrected chi connectivity index (χ4v) is 6.28. The minimum atomic E-state index is -4.65. The van der Waals surface area contributed by atoms with Gasteiger partial charge in [0.2, 0.25) is 0 Å². The van der Waals surface area contributed by atoms with Crippen LogP contribution < -0.4 is 14.9 Å². The molecule has 0 amide bonds. The summed E-state index contributed by atoms with van der Waals surface area (Å²) in [5.74, 6) is 1.10. The second kappa shape index (κ2) is 9.89. The number of benzene rings is 1. The van der Waals surface area contributed by atoms with E-state index < -0.39 is 23.3 Å². The Morgan fingerprint density at radius 2 is 2.00 bits per heavy atom. The van der Waals surface area contributed by atoms with Gasteiger partial charge in [-0.3, -0.25) is 5.43 Å². The van der Waals surface area contributed by atoms with Gasteiger partial charge in [0, 0.05) is 45.3 Å². The van der Waals surface area contributed by atoms with Gasteiger partial charge in [-0.05, 0) is 17.8 Å². The summed E-state index contributed by atoms with van der Waals surface area (Å²) in [5, 5.41) is 12.2. The van der Waals surface area contributed by atoms with Gasteiger partial charge in [-0.15, -0.1) is 11.3 Å². The molecule has 39 heavy (non-hydrogen) atoms. The van der Waals surface area contributed by atoms with E-state index in [2.05, 4.69) is 15.4 Å². The average molecular weight is 585 g/mol. The number of nitrogens with zero attached hydrogens (tertiary/aromatic N) is 3. The molecule has 0 aliphatic carbocycles. The van der Waals surface area contributed by atoms with Crippen LogP contribution in [0.25, 0.3) is 22.4 Å². The number of alkyl halides is 3. The summed E-state index contributed by atoms with van der Waals surface area (Å²) in [5.41, 5.74) is 2.05. The summed E-state index contributed by atoms with van der Waals surface area (Å²) in [6.45, 7) is 0.0170. The number of fused-ring (bicyclic) bond motifs is 2. The van der Waals surface area contributed by atoms with Gasteiger partial charge in [0.1, 0.15) is 50.6 Å². The number of hydrogen-bond acceptors (Lipinski definition) is 11. The van der Waals surface area contributed by atoms with Crippen molar-refractivity contribution >= 4 is 34.1 Å². The van der Waals surface area contributed by atoms with Crippen molar-refractivity contribution in [3.8, 4) is 23.0 Å². The molecule has 0 spiro atoms. The van der Waals surface area contributed by atoms with Crippen molar-refractivity contribution in [2.24, 2.45) is 0 Å². The number of halogens is 3. The number of furan rings is 1. The highest BCUT2D eigenvalue weighted by Crippen LogP contribution is 2.43. The molecule has 0 saturated carbocycles. The van der Waals surface area contributed by atoms with Crippen LogP contribution in [-0.4, -0.2) is 52.7 Å². The Labute approximate surface area is 228 Å². The molecule has 10 nitrogen and oxygen atoms in total. The third kappa shape index (κ3) is 4.93. The normalized spacial score (nSPS) is 18.8. The summed E-state index contributed by atoms with van der Waals surface area (Å²) in [7, 11) is 3.05. The molecule has 2 N–H and O–H groups in total. The van der Waals surface area contributed by atoms with E-state index in [1.807, 2.05) is 0 Å². The van der Waals surface area contributed by atoms with Crippen LogP contribution in [0.4, 0.5) is 13.2 Å². The predicted octanol–water partition coefficient (Wildman–Crippen LogP) is 4.94. The summed E-state index contributed by atoms with van der Waals surface area (Å²) in [6, 6.07) is 4.94. The summed E-state index contributed by atoms with van der Waals surface area (Å²) in [4.78, 5) is 7.84. The zero-order valence-electron chi connectivity index (χ0n) is 20.7. The third-order valence-electron chi connectivity index (χ3n) is 6.44. The fourth-order valence-electron chi connectivity index (χ4n) is 4.38. The molecule has 2 aliphatic rings. The molecule has 2 aliphatic heterocycles. The second-order valence-electron chi connectivity index (χ2n) is 8.97. The van der Waals surface area contributed by atoms with E-state index in [0.717, 1.165) is 0 Å². The van der Waals surface area contributed by atoms with Crippen molar-refractivity contribution in [1.29, 1.82) is 0 Å². The lowest BCUT2D eigenvalue weighted by Crippen LogP contribution is -2.33. The van der Waals surface area contributed by atoms with Crippen LogP contribution in [0.5, 0.6) is 11.5 Å². The first-order valence-electron chi connectivity index (χ1n) is 11.8. The van der Waals surface area contributed by atoms with Gasteiger partial charge in [0.25, 0.3) is 0 Å². The van der Waals surface area contributed by atoms with E-state index in [4.69, 9.17) is 23.4 Å². The Morgan fingerprint density at radius 1 is 1.21 bits per heavy atom. The Balaban J connectivity index is 1.31. The van der Waals surface area contributed by atoms with E-state index in [0.29, 0.717) is 44.7 Å². The first kappa shape index (κ1) is 26.3. The zero-order chi connectivity index (χ0) is 27.4. The highest BCUT2D eigenvalue weighted by atomic mass is 32.2. The molecule has 1 unspecified atom stereocenters. The largest absolute Gasteiger partial charge is 0.496 e. The van der Waals surface area contributed by atoms with Gasteiger partial charge in [-0.2, -0.15) is 13.2 Å². The highest BCUT2D eigenvalue weighted by Gasteiger charge is 2.42. The van der Waals surface area contributed by atoms with Gasteiger partial charge >= 0.3 is 6.18 Å². The molecular weight excluding hydrogens is 561 g/mol. The molecule has 15 heteroatoms. The molecule has 4 aromatic rings. The maximum Gasteiger partial charge on any atom is 0.427 e. The SMILES string of the molecule is COc1cc(OCc2nc(C3(O)CCOCC3)sc2C(F)(F)F)c2cc(-c3cn4c(n3)SC(OC)N4)oc2c1. The maximum absolute atomic E-state index is 13.9. The maximum atomic E-state index is 13.9. The van der Waals surface area contributed by atoms with Crippen LogP contribution in [0.1, 0.15) is 28.4 Å². The first-order valence-corrected chi connectivity index (χ1v) is 13.5. The van der Waals surface area contributed by atoms with Gasteiger partial charge < -0.3 is 28.5 Å². The van der Waals surface area contributed by atoms with Crippen LogP contribution >= 0.6 is 23.1 Å². The molecule has 5 heterocycles. The average Bonchev–Trinajstić information content (AvgIpc) is 3.68. The fraction of sp³-hybridized carbons (Fsp3) is 0.417. The number of thioether (sulfide) groups is 1. The van der Waals surface area contributed by atoms with Crippen molar-refractivity contribution in [3.63, 3.8) is 0 Å². The second-order valence-corrected chi connectivity index (χ2v) is 11.0. The Kier molecular flexibility index (Phi) is 6.66. The van der Waals surface area contributed by atoms with E-state index in [1.165, 1.54) is 18.9 Å². The zero-order valence-corrected chi connectivity index (χ0v) is 22.3. The molecular formula is C24H23F3N4O6S2. The molecule has 3 aromatic heterocycles. The lowest BCUT2D eigenvalue weighted by Gasteiger charge is -2.29. The van der Waals surface area contributed by atoms with E-state index >= 15 is 0 Å². The number of ether oxygens (including phenoxy) is 4. The van der Waals surface area contributed by atoms with Crippen molar-refractivity contribution < 1.29 is 41.6 Å². The predicted molar refractivity (Wildman–Crippen MR) is 135 cm³/mol. The van der Waals surface area contributed by atoms with Crippen molar-refractivity contribution in [1.82, 2.24) is 14.6 Å². The Bertz CT molecular complexity index is 1490. The number of thiazole rings is 1. The lowest BCUT2D eigenvalue weighted by atomic mass is 9.95. The van der Waals surface area contributed by atoms with Gasteiger partial charge in [0.05, 0.1) is 18.7 Å². The topological polar surface area (TPSA) is 113 Å². The number of nitrogens with one attached hydrogen (secondary N) is 1. The molecule has 1 fully saturated rings. The molecule has 1 aromatic carbocycles. The van der Waals surface area contributed by atoms with Crippen molar-refractivity contribution in [3.05, 3.63) is 40.0 Å². The molecule has 208 valence electrons. The van der Waals surface area contributed by atoms with Crippen molar-refractivity contribution in [2.75, 3.05) is 32.9 Å². The summed E-state index contributed by atoms with van der Waals surface area (Å²) >= 11 is 1.84.